The fourth-order valence-electron chi connectivity index (χ4n) is 2.52. The Morgan fingerprint density at radius 1 is 1.07 bits per heavy atom. The predicted molar refractivity (Wildman–Crippen MR) is 66.0 cm³/mol. The average molecular weight is 284 g/mol. The predicted octanol–water partition coefficient (Wildman–Crippen LogP) is 2.62. The van der Waals surface area contributed by atoms with Gasteiger partial charge in [0.2, 0.25) is 0 Å². The van der Waals surface area contributed by atoms with Gasteiger partial charge in [0.1, 0.15) is 0 Å². The van der Waals surface area contributed by atoms with Crippen LogP contribution in [0.1, 0.15) is 6.42 Å². The first-order chi connectivity index (χ1) is 7.34. The molecule has 2 heteroatoms. The summed E-state index contributed by atoms with van der Waals surface area (Å²) in [6.07, 6.45) is 6.01. The van der Waals surface area contributed by atoms with Gasteiger partial charge in [0, 0.05) is 0 Å². The standard InChI is InChI=1S/C13H13ClSe/c14-12-9-6-7-10(8-9)13(12)15-11-4-2-1-3-5-11/h1-7,9-10,12-13H,8H2/t9-,10+,12-,13-/m0/s1. The quantitative estimate of drug-likeness (QED) is 0.445. The van der Waals surface area contributed by atoms with Gasteiger partial charge in [-0.3, -0.25) is 0 Å². The van der Waals surface area contributed by atoms with Crippen LogP contribution in [-0.4, -0.2) is 20.3 Å². The maximum atomic E-state index is 6.49. The molecular weight excluding hydrogens is 271 g/mol. The van der Waals surface area contributed by atoms with Crippen LogP contribution < -0.4 is 4.46 Å². The van der Waals surface area contributed by atoms with Gasteiger partial charge in [0.05, 0.1) is 0 Å². The summed E-state index contributed by atoms with van der Waals surface area (Å²) in [4.78, 5) is 0.719. The number of hydrogen-bond donors (Lipinski definition) is 0. The number of hydrogen-bond acceptors (Lipinski definition) is 0. The van der Waals surface area contributed by atoms with Crippen molar-refractivity contribution in [2.75, 3.05) is 0 Å². The Kier molecular flexibility index (Phi) is 2.64. The average Bonchev–Trinajstić information content (AvgIpc) is 2.84. The number of alkyl halides is 1. The Hall–Kier alpha value is -0.231. The van der Waals surface area contributed by atoms with E-state index in [2.05, 4.69) is 42.5 Å². The van der Waals surface area contributed by atoms with Crippen molar-refractivity contribution < 1.29 is 0 Å². The van der Waals surface area contributed by atoms with Crippen molar-refractivity contribution in [1.82, 2.24) is 0 Å². The van der Waals surface area contributed by atoms with E-state index in [0.717, 1.165) is 10.7 Å². The van der Waals surface area contributed by atoms with E-state index in [9.17, 15) is 0 Å². The van der Waals surface area contributed by atoms with Gasteiger partial charge in [-0.15, -0.1) is 0 Å². The third-order valence-electron chi connectivity index (χ3n) is 3.31. The number of rotatable bonds is 2. The molecule has 0 nitrogen and oxygen atoms in total. The summed E-state index contributed by atoms with van der Waals surface area (Å²) in [5, 5.41) is 0.389. The van der Waals surface area contributed by atoms with Crippen molar-refractivity contribution in [3.05, 3.63) is 42.5 Å². The summed E-state index contributed by atoms with van der Waals surface area (Å²) in [5.41, 5.74) is 0. The fourth-order valence-corrected chi connectivity index (χ4v) is 5.97. The van der Waals surface area contributed by atoms with E-state index in [4.69, 9.17) is 11.6 Å². The second-order valence-corrected chi connectivity index (χ2v) is 7.42. The Morgan fingerprint density at radius 3 is 2.47 bits per heavy atom. The first kappa shape index (κ1) is 9.96. The van der Waals surface area contributed by atoms with Gasteiger partial charge in [-0.2, -0.15) is 0 Å². The number of halogens is 1. The summed E-state index contributed by atoms with van der Waals surface area (Å²) < 4.78 is 1.49. The molecule has 4 atom stereocenters. The SMILES string of the molecule is Cl[C@@H]1[C@@H]([Se]c2ccccc2)[C@@H]2C=C[C@H]1C2. The van der Waals surface area contributed by atoms with Crippen LogP contribution >= 0.6 is 11.6 Å². The molecule has 1 saturated carbocycles. The Labute approximate surface area is 102 Å². The van der Waals surface area contributed by atoms with Crippen LogP contribution in [0.3, 0.4) is 0 Å². The second kappa shape index (κ2) is 3.97. The van der Waals surface area contributed by atoms with E-state index in [1.807, 2.05) is 0 Å². The topological polar surface area (TPSA) is 0 Å². The molecule has 0 aromatic heterocycles. The third kappa shape index (κ3) is 1.78. The molecule has 0 heterocycles. The van der Waals surface area contributed by atoms with Gasteiger partial charge >= 0.3 is 102 Å². The fraction of sp³-hybridized carbons (Fsp3) is 0.385. The number of fused-ring (bicyclic) bond motifs is 2. The van der Waals surface area contributed by atoms with Crippen molar-refractivity contribution in [3.8, 4) is 0 Å². The molecule has 0 saturated heterocycles. The van der Waals surface area contributed by atoms with Crippen LogP contribution in [0.25, 0.3) is 0 Å². The zero-order valence-corrected chi connectivity index (χ0v) is 10.8. The van der Waals surface area contributed by atoms with Crippen molar-refractivity contribution in [3.63, 3.8) is 0 Å². The van der Waals surface area contributed by atoms with E-state index >= 15 is 0 Å². The zero-order valence-electron chi connectivity index (χ0n) is 8.34. The van der Waals surface area contributed by atoms with Crippen molar-refractivity contribution in [2.45, 2.75) is 16.6 Å². The molecule has 3 rings (SSSR count). The van der Waals surface area contributed by atoms with Crippen LogP contribution in [-0.2, 0) is 0 Å². The van der Waals surface area contributed by atoms with Crippen LogP contribution in [0.2, 0.25) is 4.82 Å². The molecule has 0 amide bonds. The normalized spacial score (nSPS) is 37.4. The van der Waals surface area contributed by atoms with E-state index < -0.39 is 0 Å². The first-order valence-corrected chi connectivity index (χ1v) is 7.67. The van der Waals surface area contributed by atoms with Crippen molar-refractivity contribution >= 4 is 31.0 Å². The monoisotopic (exact) mass is 284 g/mol. The minimum absolute atomic E-state index is 0.389. The minimum atomic E-state index is 0.389. The number of benzene rings is 1. The van der Waals surface area contributed by atoms with Gasteiger partial charge in [0.25, 0.3) is 0 Å². The molecule has 0 unspecified atom stereocenters. The number of allylic oxidation sites excluding steroid dienone is 2. The molecule has 2 aliphatic rings. The Bertz CT molecular complexity index is 373. The molecule has 0 N–H and O–H groups in total. The molecule has 78 valence electrons. The van der Waals surface area contributed by atoms with Crippen molar-refractivity contribution in [2.24, 2.45) is 11.8 Å². The summed E-state index contributed by atoms with van der Waals surface area (Å²) in [6.45, 7) is 0. The molecule has 15 heavy (non-hydrogen) atoms. The van der Waals surface area contributed by atoms with Crippen LogP contribution in [0.15, 0.2) is 42.5 Å². The van der Waals surface area contributed by atoms with E-state index in [-0.39, 0.29) is 0 Å². The summed E-state index contributed by atoms with van der Waals surface area (Å²) in [6, 6.07) is 10.8. The van der Waals surface area contributed by atoms with Gasteiger partial charge in [-0.05, 0) is 0 Å². The molecule has 0 spiro atoms. The molecular formula is C13H13ClSe. The van der Waals surface area contributed by atoms with E-state index in [1.165, 1.54) is 10.9 Å². The summed E-state index contributed by atoms with van der Waals surface area (Å²) in [5.74, 6) is 1.42. The molecule has 0 aliphatic heterocycles. The van der Waals surface area contributed by atoms with Crippen LogP contribution in [0, 0.1) is 11.8 Å². The van der Waals surface area contributed by atoms with E-state index in [1.54, 1.807) is 0 Å². The van der Waals surface area contributed by atoms with Crippen LogP contribution in [0.5, 0.6) is 0 Å². The third-order valence-corrected chi connectivity index (χ3v) is 7.31. The van der Waals surface area contributed by atoms with Crippen molar-refractivity contribution in [1.29, 1.82) is 0 Å². The van der Waals surface area contributed by atoms with E-state index in [0.29, 0.717) is 26.3 Å². The molecule has 0 radical (unpaired) electrons. The van der Waals surface area contributed by atoms with Gasteiger partial charge < -0.3 is 0 Å². The maximum absolute atomic E-state index is 6.49. The first-order valence-electron chi connectivity index (χ1n) is 5.39. The molecule has 2 aliphatic carbocycles. The molecule has 1 aromatic carbocycles. The van der Waals surface area contributed by atoms with Crippen LogP contribution in [0.4, 0.5) is 0 Å². The van der Waals surface area contributed by atoms with Gasteiger partial charge in [0.15, 0.2) is 0 Å². The molecule has 2 bridgehead atoms. The zero-order chi connectivity index (χ0) is 10.3. The molecule has 1 fully saturated rings. The Morgan fingerprint density at radius 2 is 1.80 bits per heavy atom. The summed E-state index contributed by atoms with van der Waals surface area (Å²) in [7, 11) is 0. The molecule has 1 aromatic rings. The second-order valence-electron chi connectivity index (χ2n) is 4.29. The Balaban J connectivity index is 1.77. The van der Waals surface area contributed by atoms with Gasteiger partial charge in [-0.1, -0.05) is 0 Å². The van der Waals surface area contributed by atoms with Gasteiger partial charge in [-0.25, -0.2) is 0 Å². The summed E-state index contributed by atoms with van der Waals surface area (Å²) >= 11 is 7.03.